The van der Waals surface area contributed by atoms with E-state index < -0.39 is 0 Å². The lowest BCUT2D eigenvalue weighted by molar-refractivity contribution is -0.112. The van der Waals surface area contributed by atoms with Gasteiger partial charge < -0.3 is 21.1 Å². The van der Waals surface area contributed by atoms with Crippen LogP contribution in [0.4, 0.5) is 0 Å². The number of hydrogen-bond donors (Lipinski definition) is 2. The van der Waals surface area contributed by atoms with Crippen molar-refractivity contribution in [2.45, 2.75) is 12.8 Å². The Morgan fingerprint density at radius 3 is 1.50 bits per heavy atom. The summed E-state index contributed by atoms with van der Waals surface area (Å²) in [6.45, 7) is 0. The lowest BCUT2D eigenvalue weighted by Gasteiger charge is -2.12. The molecule has 0 aliphatic heterocycles. The highest BCUT2D eigenvalue weighted by Crippen LogP contribution is 2.17. The number of carbonyl (C=O) groups is 2. The van der Waals surface area contributed by atoms with E-state index in [4.69, 9.17) is 11.5 Å². The van der Waals surface area contributed by atoms with E-state index in [1.165, 1.54) is 0 Å². The first-order valence-corrected chi connectivity index (χ1v) is 7.55. The Bertz CT molecular complexity index is 174. The second-order valence-corrected chi connectivity index (χ2v) is 5.59. The van der Waals surface area contributed by atoms with Gasteiger partial charge in [-0.15, -0.1) is 23.5 Å². The maximum atomic E-state index is 10.8. The molecule has 94 valence electrons. The van der Waals surface area contributed by atoms with Crippen molar-refractivity contribution in [3.63, 3.8) is 0 Å². The molecule has 0 saturated heterocycles. The molecule has 2 unspecified atom stereocenters. The maximum absolute atomic E-state index is 10.8. The van der Waals surface area contributed by atoms with Crippen LogP contribution in [0.5, 0.6) is 0 Å². The quantitative estimate of drug-likeness (QED) is 0.422. The van der Waals surface area contributed by atoms with Gasteiger partial charge in [-0.25, -0.2) is 0 Å². The first-order valence-electron chi connectivity index (χ1n) is 5.24. The van der Waals surface area contributed by atoms with E-state index in [1.54, 1.807) is 23.5 Å². The van der Waals surface area contributed by atoms with Gasteiger partial charge in [0.2, 0.25) is 0 Å². The fourth-order valence-corrected chi connectivity index (χ4v) is 2.62. The summed E-state index contributed by atoms with van der Waals surface area (Å²) in [5.74, 6) is 2.58. The molecule has 4 N–H and O–H groups in total. The molecule has 0 aromatic heterocycles. The Hall–Kier alpha value is -0.0400. The molecule has 6 heteroatoms. The SMILES string of the molecule is NCSCC(C=O)CCC(C=O)CSCN. The van der Waals surface area contributed by atoms with Crippen LogP contribution < -0.4 is 11.5 Å². The molecule has 0 rings (SSSR count). The lowest BCUT2D eigenvalue weighted by Crippen LogP contribution is -2.13. The second kappa shape index (κ2) is 11.4. The van der Waals surface area contributed by atoms with Gasteiger partial charge in [-0.2, -0.15) is 0 Å². The fraction of sp³-hybridized carbons (Fsp3) is 0.800. The number of carbonyl (C=O) groups excluding carboxylic acids is 2. The van der Waals surface area contributed by atoms with Gasteiger partial charge >= 0.3 is 0 Å². The summed E-state index contributed by atoms with van der Waals surface area (Å²) < 4.78 is 0. The monoisotopic (exact) mass is 264 g/mol. The highest BCUT2D eigenvalue weighted by molar-refractivity contribution is 7.99. The van der Waals surface area contributed by atoms with Crippen LogP contribution in [0.3, 0.4) is 0 Å². The smallest absolute Gasteiger partial charge is 0.123 e. The molecule has 0 radical (unpaired) electrons. The maximum Gasteiger partial charge on any atom is 0.123 e. The summed E-state index contributed by atoms with van der Waals surface area (Å²) >= 11 is 3.10. The fourth-order valence-electron chi connectivity index (χ4n) is 1.25. The van der Waals surface area contributed by atoms with Crippen molar-refractivity contribution in [1.82, 2.24) is 0 Å². The lowest BCUT2D eigenvalue weighted by atomic mass is 10.00. The Labute approximate surface area is 105 Å². The van der Waals surface area contributed by atoms with Gasteiger partial charge in [-0.3, -0.25) is 0 Å². The number of rotatable bonds is 11. The molecule has 0 aliphatic carbocycles. The third kappa shape index (κ3) is 8.15. The van der Waals surface area contributed by atoms with Gasteiger partial charge in [0.25, 0.3) is 0 Å². The van der Waals surface area contributed by atoms with Crippen LogP contribution in [-0.4, -0.2) is 35.8 Å². The first kappa shape index (κ1) is 16.0. The van der Waals surface area contributed by atoms with Crippen molar-refractivity contribution in [3.8, 4) is 0 Å². The average molecular weight is 264 g/mol. The average Bonchev–Trinajstić information content (AvgIpc) is 2.33. The zero-order valence-electron chi connectivity index (χ0n) is 9.34. The molecule has 0 saturated carbocycles. The molecule has 0 amide bonds. The van der Waals surface area contributed by atoms with Gasteiger partial charge in [0.1, 0.15) is 12.6 Å². The van der Waals surface area contributed by atoms with E-state index in [9.17, 15) is 9.59 Å². The van der Waals surface area contributed by atoms with Gasteiger partial charge in [0.05, 0.1) is 0 Å². The van der Waals surface area contributed by atoms with Crippen molar-refractivity contribution < 1.29 is 9.59 Å². The molecule has 0 aromatic carbocycles. The van der Waals surface area contributed by atoms with Crippen LogP contribution in [0.25, 0.3) is 0 Å². The largest absolute Gasteiger partial charge is 0.322 e. The molecule has 0 spiro atoms. The van der Waals surface area contributed by atoms with E-state index in [1.807, 2.05) is 0 Å². The van der Waals surface area contributed by atoms with Crippen LogP contribution >= 0.6 is 23.5 Å². The molecule has 0 aromatic rings. The number of nitrogens with two attached hydrogens (primary N) is 2. The minimum absolute atomic E-state index is 0.0128. The Balaban J connectivity index is 3.77. The predicted octanol–water partition coefficient (Wildman–Crippen LogP) is 0.696. The molecular formula is C10H20N2O2S2. The van der Waals surface area contributed by atoms with E-state index in [0.717, 1.165) is 36.9 Å². The van der Waals surface area contributed by atoms with Gasteiger partial charge in [-0.05, 0) is 12.8 Å². The third-order valence-electron chi connectivity index (χ3n) is 2.19. The normalized spacial score (nSPS) is 14.4. The van der Waals surface area contributed by atoms with Crippen molar-refractivity contribution in [3.05, 3.63) is 0 Å². The summed E-state index contributed by atoms with van der Waals surface area (Å²) in [5, 5.41) is 0. The standard InChI is InChI=1S/C10H20N2O2S2/c11-7-15-5-9(3-13)1-2-10(4-14)6-16-8-12/h3-4,9-10H,1-2,5-8,11-12H2. The van der Waals surface area contributed by atoms with Gasteiger partial charge in [0.15, 0.2) is 0 Å². The van der Waals surface area contributed by atoms with Crippen molar-refractivity contribution in [1.29, 1.82) is 0 Å². The predicted molar refractivity (Wildman–Crippen MR) is 71.4 cm³/mol. The molecule has 0 bridgehead atoms. The first-order chi connectivity index (χ1) is 7.78. The van der Waals surface area contributed by atoms with E-state index >= 15 is 0 Å². The van der Waals surface area contributed by atoms with Crippen LogP contribution in [0.1, 0.15) is 12.8 Å². The topological polar surface area (TPSA) is 86.2 Å². The number of thioether (sulfide) groups is 2. The molecule has 0 fully saturated rings. The summed E-state index contributed by atoms with van der Waals surface area (Å²) in [6, 6.07) is 0. The van der Waals surface area contributed by atoms with Crippen molar-refractivity contribution >= 4 is 36.1 Å². The highest BCUT2D eigenvalue weighted by atomic mass is 32.2. The van der Waals surface area contributed by atoms with Crippen molar-refractivity contribution in [2.24, 2.45) is 23.3 Å². The van der Waals surface area contributed by atoms with Crippen LogP contribution in [0.15, 0.2) is 0 Å². The molecule has 16 heavy (non-hydrogen) atoms. The molecule has 0 heterocycles. The minimum Gasteiger partial charge on any atom is -0.322 e. The Morgan fingerprint density at radius 1 is 0.875 bits per heavy atom. The van der Waals surface area contributed by atoms with E-state index in [0.29, 0.717) is 11.8 Å². The Morgan fingerprint density at radius 2 is 1.25 bits per heavy atom. The Kier molecular flexibility index (Phi) is 11.4. The summed E-state index contributed by atoms with van der Waals surface area (Å²) in [5.41, 5.74) is 10.7. The summed E-state index contributed by atoms with van der Waals surface area (Å²) in [4.78, 5) is 21.5. The minimum atomic E-state index is 0.0128. The second-order valence-electron chi connectivity index (χ2n) is 3.44. The van der Waals surface area contributed by atoms with Gasteiger partial charge in [-0.1, -0.05) is 0 Å². The third-order valence-corrected chi connectivity index (χ3v) is 3.99. The number of hydrogen-bond acceptors (Lipinski definition) is 6. The zero-order valence-corrected chi connectivity index (χ0v) is 11.0. The van der Waals surface area contributed by atoms with E-state index in [2.05, 4.69) is 0 Å². The molecule has 4 nitrogen and oxygen atoms in total. The molecule has 0 aliphatic rings. The summed E-state index contributed by atoms with van der Waals surface area (Å²) in [7, 11) is 0. The molecule has 2 atom stereocenters. The van der Waals surface area contributed by atoms with Gasteiger partial charge in [0, 0.05) is 35.1 Å². The van der Waals surface area contributed by atoms with Crippen LogP contribution in [-0.2, 0) is 9.59 Å². The van der Waals surface area contributed by atoms with E-state index in [-0.39, 0.29) is 11.8 Å². The highest BCUT2D eigenvalue weighted by Gasteiger charge is 2.12. The number of aldehydes is 2. The van der Waals surface area contributed by atoms with Crippen LogP contribution in [0.2, 0.25) is 0 Å². The van der Waals surface area contributed by atoms with Crippen molar-refractivity contribution in [2.75, 3.05) is 23.3 Å². The van der Waals surface area contributed by atoms with Crippen LogP contribution in [0, 0.1) is 11.8 Å². The molecular weight excluding hydrogens is 244 g/mol. The zero-order chi connectivity index (χ0) is 12.2. The summed E-state index contributed by atoms with van der Waals surface area (Å²) in [6.07, 6.45) is 3.43.